The number of aromatic nitrogens is 2. The van der Waals surface area contributed by atoms with Crippen molar-refractivity contribution in [3.63, 3.8) is 0 Å². The van der Waals surface area contributed by atoms with E-state index in [4.69, 9.17) is 14.5 Å². The maximum Gasteiger partial charge on any atom is 0.251 e. The molecule has 3 aliphatic heterocycles. The minimum Gasteiger partial charge on any atom is -0.485 e. The first-order valence-corrected chi connectivity index (χ1v) is 15.4. The Kier molecular flexibility index (Phi) is 8.22. The van der Waals surface area contributed by atoms with Gasteiger partial charge in [-0.15, -0.1) is 0 Å². The molecule has 0 bridgehead atoms. The predicted molar refractivity (Wildman–Crippen MR) is 162 cm³/mol. The number of anilines is 4. The molecule has 4 heterocycles. The summed E-state index contributed by atoms with van der Waals surface area (Å²) < 4.78 is 11.7. The van der Waals surface area contributed by atoms with Crippen molar-refractivity contribution in [1.29, 1.82) is 0 Å². The van der Waals surface area contributed by atoms with Gasteiger partial charge in [0.05, 0.1) is 18.5 Å². The van der Waals surface area contributed by atoms with E-state index in [2.05, 4.69) is 39.4 Å². The van der Waals surface area contributed by atoms with Crippen molar-refractivity contribution in [3.05, 3.63) is 29.5 Å². The number of rotatable bonds is 8. The van der Waals surface area contributed by atoms with Gasteiger partial charge in [-0.3, -0.25) is 9.59 Å². The predicted octanol–water partition coefficient (Wildman–Crippen LogP) is 3.50. The Balaban J connectivity index is 1.30. The molecule has 1 saturated carbocycles. The van der Waals surface area contributed by atoms with Crippen LogP contribution in [0.15, 0.2) is 18.3 Å². The number of carbonyl (C=O) groups is 2. The molecule has 1 aromatic heterocycles. The van der Waals surface area contributed by atoms with E-state index in [9.17, 15) is 9.59 Å². The molecule has 11 nitrogen and oxygen atoms in total. The Morgan fingerprint density at radius 3 is 2.62 bits per heavy atom. The highest BCUT2D eigenvalue weighted by Crippen LogP contribution is 2.42. The van der Waals surface area contributed by atoms with Gasteiger partial charge in [0.15, 0.2) is 5.82 Å². The number of ether oxygens (including phenoxy) is 2. The van der Waals surface area contributed by atoms with Crippen LogP contribution in [-0.4, -0.2) is 91.8 Å². The van der Waals surface area contributed by atoms with Crippen LogP contribution < -0.4 is 25.2 Å². The molecule has 2 aromatic rings. The number of hydrogen-bond donors (Lipinski definition) is 2. The molecule has 1 saturated heterocycles. The van der Waals surface area contributed by atoms with Gasteiger partial charge in [-0.2, -0.15) is 4.98 Å². The zero-order valence-corrected chi connectivity index (χ0v) is 25.2. The molecule has 226 valence electrons. The van der Waals surface area contributed by atoms with Crippen molar-refractivity contribution in [2.45, 2.75) is 82.5 Å². The fourth-order valence-electron chi connectivity index (χ4n) is 6.97. The summed E-state index contributed by atoms with van der Waals surface area (Å²) in [7, 11) is 5.57. The van der Waals surface area contributed by atoms with Gasteiger partial charge < -0.3 is 34.8 Å². The number of likely N-dealkylation sites (N-methyl/N-ethyl adjacent to an activating group) is 1. The van der Waals surface area contributed by atoms with E-state index in [1.165, 1.54) is 0 Å². The molecule has 2 amide bonds. The number of methoxy groups -OCH3 is 1. The van der Waals surface area contributed by atoms with Crippen molar-refractivity contribution < 1.29 is 19.1 Å². The lowest BCUT2D eigenvalue weighted by molar-refractivity contribution is -0.120. The van der Waals surface area contributed by atoms with Crippen molar-refractivity contribution >= 4 is 35.0 Å². The van der Waals surface area contributed by atoms with E-state index < -0.39 is 0 Å². The van der Waals surface area contributed by atoms with E-state index in [-0.39, 0.29) is 30.0 Å². The minimum atomic E-state index is -0.238. The van der Waals surface area contributed by atoms with Crippen LogP contribution >= 0.6 is 0 Å². The van der Waals surface area contributed by atoms with Crippen molar-refractivity contribution in [2.24, 2.45) is 0 Å². The third-order valence-electron chi connectivity index (χ3n) is 9.29. The minimum absolute atomic E-state index is 0.0652. The molecular weight excluding hydrogens is 534 g/mol. The summed E-state index contributed by atoms with van der Waals surface area (Å²) in [6.45, 7) is 4.44. The fourth-order valence-corrected chi connectivity index (χ4v) is 6.97. The molecule has 2 unspecified atom stereocenters. The number of fused-ring (bicyclic) bond motifs is 2. The molecule has 1 aliphatic carbocycles. The van der Waals surface area contributed by atoms with E-state index in [1.807, 2.05) is 12.1 Å². The summed E-state index contributed by atoms with van der Waals surface area (Å²) >= 11 is 0. The van der Waals surface area contributed by atoms with Gasteiger partial charge in [0.2, 0.25) is 11.9 Å². The fraction of sp³-hybridized carbons (Fsp3) is 0.613. The first-order valence-electron chi connectivity index (χ1n) is 15.4. The molecule has 2 fully saturated rings. The summed E-state index contributed by atoms with van der Waals surface area (Å²) in [6, 6.07) is 3.96. The Labute approximate surface area is 247 Å². The smallest absolute Gasteiger partial charge is 0.251 e. The Morgan fingerprint density at radius 2 is 1.90 bits per heavy atom. The van der Waals surface area contributed by atoms with Crippen molar-refractivity contribution in [3.8, 4) is 5.75 Å². The van der Waals surface area contributed by atoms with E-state index in [1.54, 1.807) is 25.3 Å². The quantitative estimate of drug-likeness (QED) is 0.487. The second-order valence-electron chi connectivity index (χ2n) is 12.1. The zero-order valence-electron chi connectivity index (χ0n) is 25.2. The Bertz CT molecular complexity index is 1320. The van der Waals surface area contributed by atoms with Gasteiger partial charge in [0, 0.05) is 43.8 Å². The van der Waals surface area contributed by atoms with Crippen LogP contribution in [-0.2, 0) is 16.0 Å². The molecule has 1 aromatic carbocycles. The van der Waals surface area contributed by atoms with E-state index >= 15 is 0 Å². The monoisotopic (exact) mass is 577 g/mol. The molecule has 0 spiro atoms. The lowest BCUT2D eigenvalue weighted by Gasteiger charge is -2.43. The topological polar surface area (TPSA) is 112 Å². The maximum atomic E-state index is 13.4. The van der Waals surface area contributed by atoms with Crippen molar-refractivity contribution in [2.75, 3.05) is 56.0 Å². The first kappa shape index (κ1) is 28.7. The number of amides is 2. The standard InChI is InChI=1S/C31H43N7O4/c1-5-25-30(40)37(3)26-17-32-31(35-28(26)38(25)20-8-6-7-9-20)34-24-11-10-22(23-16-21(18-41-4)42-27(23)24)29(39)33-19-12-14-36(2)15-13-19/h10-11,17,19-21,25H,5-9,12-16,18H2,1-4H3,(H,33,39)(H,32,34,35). The summed E-state index contributed by atoms with van der Waals surface area (Å²) in [5.74, 6) is 1.88. The Morgan fingerprint density at radius 1 is 1.14 bits per heavy atom. The van der Waals surface area contributed by atoms with Crippen molar-refractivity contribution in [1.82, 2.24) is 20.2 Å². The van der Waals surface area contributed by atoms with Gasteiger partial charge in [0.1, 0.15) is 23.6 Å². The molecule has 6 rings (SSSR count). The molecule has 2 N–H and O–H groups in total. The number of nitrogens with zero attached hydrogens (tertiary/aromatic N) is 5. The summed E-state index contributed by atoms with van der Waals surface area (Å²) in [6.07, 6.45) is 9.18. The van der Waals surface area contributed by atoms with E-state index in [0.29, 0.717) is 42.0 Å². The summed E-state index contributed by atoms with van der Waals surface area (Å²) in [5.41, 5.74) is 2.94. The normalized spacial score (nSPS) is 23.1. The van der Waals surface area contributed by atoms with Gasteiger partial charge >= 0.3 is 0 Å². The second-order valence-corrected chi connectivity index (χ2v) is 12.1. The molecule has 11 heteroatoms. The average molecular weight is 578 g/mol. The van der Waals surface area contributed by atoms with Gasteiger partial charge in [-0.05, 0) is 64.4 Å². The van der Waals surface area contributed by atoms with E-state index in [0.717, 1.165) is 75.1 Å². The molecule has 0 radical (unpaired) electrons. The number of piperidine rings is 1. The second kappa shape index (κ2) is 12.0. The molecular formula is C31H43N7O4. The maximum absolute atomic E-state index is 13.4. The van der Waals surface area contributed by atoms with Crippen LogP contribution in [0.25, 0.3) is 0 Å². The largest absolute Gasteiger partial charge is 0.485 e. The highest BCUT2D eigenvalue weighted by molar-refractivity contribution is 6.04. The van der Waals surface area contributed by atoms with Crippen LogP contribution in [0.2, 0.25) is 0 Å². The number of nitrogens with one attached hydrogen (secondary N) is 2. The number of benzene rings is 1. The third kappa shape index (κ3) is 5.40. The van der Waals surface area contributed by atoms with Crippen LogP contribution in [0.3, 0.4) is 0 Å². The van der Waals surface area contributed by atoms with Crippen LogP contribution in [0.5, 0.6) is 5.75 Å². The highest BCUT2D eigenvalue weighted by Gasteiger charge is 2.41. The third-order valence-corrected chi connectivity index (χ3v) is 9.29. The number of carbonyl (C=O) groups excluding carboxylic acids is 2. The molecule has 4 aliphatic rings. The summed E-state index contributed by atoms with van der Waals surface area (Å²) in [5, 5.41) is 6.63. The van der Waals surface area contributed by atoms with Gasteiger partial charge in [0.25, 0.3) is 5.91 Å². The number of hydrogen-bond acceptors (Lipinski definition) is 9. The van der Waals surface area contributed by atoms with Crippen LogP contribution in [0.4, 0.5) is 23.1 Å². The number of likely N-dealkylation sites (tertiary alicyclic amines) is 1. The van der Waals surface area contributed by atoms with Gasteiger partial charge in [-0.25, -0.2) is 4.98 Å². The van der Waals surface area contributed by atoms with Gasteiger partial charge in [-0.1, -0.05) is 19.8 Å². The zero-order chi connectivity index (χ0) is 29.4. The highest BCUT2D eigenvalue weighted by atomic mass is 16.5. The molecule has 2 atom stereocenters. The molecule has 42 heavy (non-hydrogen) atoms. The first-order chi connectivity index (χ1) is 20.4. The van der Waals surface area contributed by atoms with Crippen LogP contribution in [0, 0.1) is 0 Å². The SMILES string of the molecule is CCC1C(=O)N(C)c2cnc(Nc3ccc(C(=O)NC4CCN(C)CC4)c4c3OC(COC)C4)nc2N1C1CCCC1. The average Bonchev–Trinajstić information content (AvgIpc) is 3.67. The Hall–Kier alpha value is -3.44. The lowest BCUT2D eigenvalue weighted by atomic mass is 9.99. The summed E-state index contributed by atoms with van der Waals surface area (Å²) in [4.78, 5) is 42.5. The lowest BCUT2D eigenvalue weighted by Crippen LogP contribution is -2.55. The van der Waals surface area contributed by atoms with Crippen LogP contribution in [0.1, 0.15) is 67.8 Å².